The van der Waals surface area contributed by atoms with Crippen LogP contribution in [0.1, 0.15) is 59.3 Å². The largest absolute Gasteiger partial charge is 0.299 e. The molecule has 0 fully saturated rings. The second-order valence-corrected chi connectivity index (χ2v) is 3.82. The molecule has 0 rings (SSSR count). The third-order valence-electron chi connectivity index (χ3n) is 2.65. The van der Waals surface area contributed by atoms with Crippen LogP contribution in [0.25, 0.3) is 0 Å². The number of unbranched alkanes of at least 4 members (excludes halogenated alkanes) is 1. The van der Waals surface area contributed by atoms with E-state index in [-0.39, 0.29) is 0 Å². The average molecular weight is 196 g/mol. The lowest BCUT2D eigenvalue weighted by molar-refractivity contribution is -0.123. The summed E-state index contributed by atoms with van der Waals surface area (Å²) >= 11 is 0. The summed E-state index contributed by atoms with van der Waals surface area (Å²) in [7, 11) is 0. The van der Waals surface area contributed by atoms with Crippen LogP contribution in [0.3, 0.4) is 0 Å². The van der Waals surface area contributed by atoms with Crippen LogP contribution in [-0.2, 0) is 4.79 Å². The first-order valence-corrected chi connectivity index (χ1v) is 5.90. The van der Waals surface area contributed by atoms with E-state index < -0.39 is 0 Å². The first-order valence-electron chi connectivity index (χ1n) is 5.90. The topological polar surface area (TPSA) is 17.1 Å². The normalized spacial score (nSPS) is 13.4. The maximum atomic E-state index is 11.7. The minimum absolute atomic E-state index is 0.320. The number of hydrogen-bond donors (Lipinski definition) is 0. The van der Waals surface area contributed by atoms with Crippen molar-refractivity contribution in [1.82, 2.24) is 0 Å². The summed E-state index contributed by atoms with van der Waals surface area (Å²) in [5.41, 5.74) is 0. The average Bonchev–Trinajstić information content (AvgIpc) is 2.19. The van der Waals surface area contributed by atoms with Gasteiger partial charge in [-0.25, -0.2) is 0 Å². The van der Waals surface area contributed by atoms with Crippen molar-refractivity contribution in [2.75, 3.05) is 0 Å². The number of hydrogen-bond acceptors (Lipinski definition) is 1. The molecule has 1 nitrogen and oxygen atoms in total. The van der Waals surface area contributed by atoms with Crippen molar-refractivity contribution in [3.8, 4) is 0 Å². The molecule has 0 bridgehead atoms. The lowest BCUT2D eigenvalue weighted by atomic mass is 9.92. The van der Waals surface area contributed by atoms with E-state index in [1.54, 1.807) is 0 Å². The van der Waals surface area contributed by atoms with E-state index in [9.17, 15) is 4.79 Å². The molecule has 82 valence electrons. The molecule has 1 unspecified atom stereocenters. The molecule has 1 atom stereocenters. The Kier molecular flexibility index (Phi) is 8.61. The number of ketones is 1. The van der Waals surface area contributed by atoms with Crippen molar-refractivity contribution < 1.29 is 4.79 Å². The van der Waals surface area contributed by atoms with Crippen molar-refractivity contribution in [3.05, 3.63) is 12.2 Å². The summed E-state index contributed by atoms with van der Waals surface area (Å²) in [5, 5.41) is 0. The molecule has 0 heterocycles. The van der Waals surface area contributed by atoms with E-state index in [1.165, 1.54) is 12.8 Å². The van der Waals surface area contributed by atoms with Gasteiger partial charge in [0.25, 0.3) is 0 Å². The lowest BCUT2D eigenvalue weighted by Gasteiger charge is -2.12. The van der Waals surface area contributed by atoms with Crippen LogP contribution in [0.15, 0.2) is 12.2 Å². The van der Waals surface area contributed by atoms with Gasteiger partial charge in [0.1, 0.15) is 5.78 Å². The minimum atomic E-state index is 0.320. The molecule has 0 aromatic carbocycles. The molecule has 0 aliphatic heterocycles. The highest BCUT2D eigenvalue weighted by atomic mass is 16.1. The molecule has 0 N–H and O–H groups in total. The first kappa shape index (κ1) is 13.4. The van der Waals surface area contributed by atoms with Crippen LogP contribution in [-0.4, -0.2) is 5.78 Å². The summed E-state index contributed by atoms with van der Waals surface area (Å²) in [4.78, 5) is 11.7. The molecule has 0 saturated carbocycles. The second-order valence-electron chi connectivity index (χ2n) is 3.82. The van der Waals surface area contributed by atoms with Gasteiger partial charge in [0.15, 0.2) is 0 Å². The van der Waals surface area contributed by atoms with Gasteiger partial charge in [-0.3, -0.25) is 4.79 Å². The molecule has 0 radical (unpaired) electrons. The maximum Gasteiger partial charge on any atom is 0.136 e. The van der Waals surface area contributed by atoms with Gasteiger partial charge in [-0.1, -0.05) is 38.8 Å². The maximum absolute atomic E-state index is 11.7. The zero-order valence-corrected chi connectivity index (χ0v) is 9.88. The lowest BCUT2D eigenvalue weighted by Crippen LogP contribution is -2.13. The zero-order valence-electron chi connectivity index (χ0n) is 9.88. The van der Waals surface area contributed by atoms with Gasteiger partial charge < -0.3 is 0 Å². The molecule has 0 aromatic heterocycles. The smallest absolute Gasteiger partial charge is 0.136 e. The third-order valence-corrected chi connectivity index (χ3v) is 2.65. The Morgan fingerprint density at radius 2 is 2.07 bits per heavy atom. The van der Waals surface area contributed by atoms with Crippen LogP contribution >= 0.6 is 0 Å². The Morgan fingerprint density at radius 1 is 1.36 bits per heavy atom. The Labute approximate surface area is 88.6 Å². The number of allylic oxidation sites excluding steroid dienone is 2. The van der Waals surface area contributed by atoms with Gasteiger partial charge in [-0.05, 0) is 26.2 Å². The highest BCUT2D eigenvalue weighted by Crippen LogP contribution is 2.16. The van der Waals surface area contributed by atoms with E-state index >= 15 is 0 Å². The van der Waals surface area contributed by atoms with Crippen LogP contribution in [0.2, 0.25) is 0 Å². The summed E-state index contributed by atoms with van der Waals surface area (Å²) in [6.07, 6.45) is 10.2. The predicted octanol–water partition coefficient (Wildman–Crippen LogP) is 4.13. The van der Waals surface area contributed by atoms with Crippen molar-refractivity contribution in [2.45, 2.75) is 59.3 Å². The molecule has 0 spiro atoms. The fourth-order valence-electron chi connectivity index (χ4n) is 1.64. The number of carbonyl (C=O) groups is 1. The van der Waals surface area contributed by atoms with Gasteiger partial charge in [-0.2, -0.15) is 0 Å². The fraction of sp³-hybridized carbons (Fsp3) is 0.769. The van der Waals surface area contributed by atoms with Crippen LogP contribution in [0.5, 0.6) is 0 Å². The quantitative estimate of drug-likeness (QED) is 0.533. The summed E-state index contributed by atoms with van der Waals surface area (Å²) in [5.74, 6) is 0.777. The SMILES string of the molecule is CC=CCCC(=O)C(CC)CCCC. The molecule has 0 aliphatic carbocycles. The predicted molar refractivity (Wildman–Crippen MR) is 62.4 cm³/mol. The van der Waals surface area contributed by atoms with Gasteiger partial charge in [0.05, 0.1) is 0 Å². The Hall–Kier alpha value is -0.590. The zero-order chi connectivity index (χ0) is 10.8. The van der Waals surface area contributed by atoms with E-state index in [0.29, 0.717) is 11.7 Å². The molecule has 0 amide bonds. The molecule has 14 heavy (non-hydrogen) atoms. The van der Waals surface area contributed by atoms with Crippen LogP contribution in [0, 0.1) is 5.92 Å². The first-order chi connectivity index (χ1) is 6.76. The Morgan fingerprint density at radius 3 is 2.57 bits per heavy atom. The van der Waals surface area contributed by atoms with Gasteiger partial charge in [-0.15, -0.1) is 0 Å². The van der Waals surface area contributed by atoms with E-state index in [1.807, 2.05) is 13.0 Å². The molecule has 0 aromatic rings. The van der Waals surface area contributed by atoms with E-state index in [0.717, 1.165) is 25.7 Å². The van der Waals surface area contributed by atoms with Gasteiger partial charge >= 0.3 is 0 Å². The molecule has 0 saturated heterocycles. The third kappa shape index (κ3) is 5.95. The Balaban J connectivity index is 3.79. The minimum Gasteiger partial charge on any atom is -0.299 e. The van der Waals surface area contributed by atoms with E-state index in [4.69, 9.17) is 0 Å². The van der Waals surface area contributed by atoms with Crippen molar-refractivity contribution in [2.24, 2.45) is 5.92 Å². The number of Topliss-reactive ketones (excluding diaryl/α,β-unsaturated/α-hetero) is 1. The standard InChI is InChI=1S/C13H24O/c1-4-7-9-11-13(14)12(6-3)10-8-5-2/h4,7,12H,5-6,8-11H2,1-3H3. The summed E-state index contributed by atoms with van der Waals surface area (Å²) in [6, 6.07) is 0. The van der Waals surface area contributed by atoms with Crippen LogP contribution < -0.4 is 0 Å². The Bertz CT molecular complexity index is 170. The summed E-state index contributed by atoms with van der Waals surface area (Å²) < 4.78 is 0. The number of rotatable bonds is 8. The van der Waals surface area contributed by atoms with E-state index in [2.05, 4.69) is 19.9 Å². The fourth-order valence-corrected chi connectivity index (χ4v) is 1.64. The van der Waals surface area contributed by atoms with Gasteiger partial charge in [0, 0.05) is 12.3 Å². The van der Waals surface area contributed by atoms with Crippen molar-refractivity contribution in [1.29, 1.82) is 0 Å². The summed E-state index contributed by atoms with van der Waals surface area (Å²) in [6.45, 7) is 6.30. The van der Waals surface area contributed by atoms with Crippen LogP contribution in [0.4, 0.5) is 0 Å². The monoisotopic (exact) mass is 196 g/mol. The van der Waals surface area contributed by atoms with Crippen molar-refractivity contribution in [3.63, 3.8) is 0 Å². The highest BCUT2D eigenvalue weighted by molar-refractivity contribution is 5.81. The second kappa shape index (κ2) is 8.98. The molecule has 0 aliphatic rings. The number of carbonyl (C=O) groups excluding carboxylic acids is 1. The highest BCUT2D eigenvalue weighted by Gasteiger charge is 2.14. The molecule has 1 heteroatoms. The van der Waals surface area contributed by atoms with Crippen molar-refractivity contribution >= 4 is 5.78 Å². The molecular weight excluding hydrogens is 172 g/mol. The van der Waals surface area contributed by atoms with Gasteiger partial charge in [0.2, 0.25) is 0 Å². The molecular formula is C13H24O.